The summed E-state index contributed by atoms with van der Waals surface area (Å²) in [6, 6.07) is 0. The number of carboxylic acid groups (broad SMARTS) is 1. The van der Waals surface area contributed by atoms with E-state index >= 15 is 0 Å². The second-order valence-corrected chi connectivity index (χ2v) is 3.75. The zero-order valence-electron chi connectivity index (χ0n) is 7.87. The van der Waals surface area contributed by atoms with E-state index in [4.69, 9.17) is 5.11 Å². The second kappa shape index (κ2) is 3.36. The summed E-state index contributed by atoms with van der Waals surface area (Å²) >= 11 is 0. The van der Waals surface area contributed by atoms with Crippen LogP contribution in [0.1, 0.15) is 26.2 Å². The van der Waals surface area contributed by atoms with Gasteiger partial charge in [-0.05, 0) is 25.7 Å². The van der Waals surface area contributed by atoms with Gasteiger partial charge in [-0.2, -0.15) is 0 Å². The SMILES string of the molecule is COC(=O)C(C)(CC(=O)O)C1CC1. The number of methoxy groups -OCH3 is 1. The first-order valence-corrected chi connectivity index (χ1v) is 4.31. The molecule has 0 aromatic heterocycles. The zero-order valence-corrected chi connectivity index (χ0v) is 7.87. The standard InChI is InChI=1S/C9H14O4/c1-9(5-7(10)11,6-3-4-6)8(12)13-2/h6H,3-5H2,1-2H3,(H,10,11). The van der Waals surface area contributed by atoms with Crippen LogP contribution in [0.25, 0.3) is 0 Å². The maximum Gasteiger partial charge on any atom is 0.312 e. The summed E-state index contributed by atoms with van der Waals surface area (Å²) in [5, 5.41) is 8.66. The van der Waals surface area contributed by atoms with Crippen molar-refractivity contribution in [2.75, 3.05) is 7.11 Å². The maximum atomic E-state index is 11.4. The van der Waals surface area contributed by atoms with Crippen molar-refractivity contribution in [1.82, 2.24) is 0 Å². The van der Waals surface area contributed by atoms with E-state index in [1.165, 1.54) is 7.11 Å². The maximum absolute atomic E-state index is 11.4. The lowest BCUT2D eigenvalue weighted by molar-refractivity contribution is -0.158. The Bertz CT molecular complexity index is 232. The van der Waals surface area contributed by atoms with Gasteiger partial charge in [-0.3, -0.25) is 9.59 Å². The molecule has 1 fully saturated rings. The van der Waals surface area contributed by atoms with Crippen LogP contribution in [0.15, 0.2) is 0 Å². The Hall–Kier alpha value is -1.06. The molecule has 13 heavy (non-hydrogen) atoms. The van der Waals surface area contributed by atoms with Gasteiger partial charge < -0.3 is 9.84 Å². The molecule has 0 heterocycles. The quantitative estimate of drug-likeness (QED) is 0.666. The minimum Gasteiger partial charge on any atom is -0.481 e. The molecule has 1 atom stereocenters. The van der Waals surface area contributed by atoms with Gasteiger partial charge in [-0.15, -0.1) is 0 Å². The molecule has 0 aliphatic heterocycles. The summed E-state index contributed by atoms with van der Waals surface area (Å²) in [4.78, 5) is 21.9. The Morgan fingerprint density at radius 2 is 2.08 bits per heavy atom. The van der Waals surface area contributed by atoms with Gasteiger partial charge in [0.05, 0.1) is 18.9 Å². The molecule has 4 heteroatoms. The van der Waals surface area contributed by atoms with Crippen LogP contribution in [0, 0.1) is 11.3 Å². The van der Waals surface area contributed by atoms with Crippen molar-refractivity contribution in [3.8, 4) is 0 Å². The van der Waals surface area contributed by atoms with Crippen molar-refractivity contribution in [2.45, 2.75) is 26.2 Å². The molecule has 1 aliphatic rings. The van der Waals surface area contributed by atoms with Crippen LogP contribution in [0.5, 0.6) is 0 Å². The molecule has 0 saturated heterocycles. The van der Waals surface area contributed by atoms with Crippen LogP contribution >= 0.6 is 0 Å². The van der Waals surface area contributed by atoms with Gasteiger partial charge in [0.15, 0.2) is 0 Å². The van der Waals surface area contributed by atoms with E-state index in [-0.39, 0.29) is 12.3 Å². The molecule has 1 aliphatic carbocycles. The lowest BCUT2D eigenvalue weighted by Crippen LogP contribution is -2.33. The number of ether oxygens (including phenoxy) is 1. The Labute approximate surface area is 76.9 Å². The summed E-state index contributed by atoms with van der Waals surface area (Å²) < 4.78 is 4.62. The Kier molecular flexibility index (Phi) is 2.59. The number of carboxylic acids is 1. The van der Waals surface area contributed by atoms with E-state index in [9.17, 15) is 9.59 Å². The van der Waals surface area contributed by atoms with Gasteiger partial charge in [0.25, 0.3) is 0 Å². The molecule has 0 amide bonds. The third kappa shape index (κ3) is 1.99. The van der Waals surface area contributed by atoms with Gasteiger partial charge >= 0.3 is 11.9 Å². The van der Waals surface area contributed by atoms with E-state index in [2.05, 4.69) is 4.74 Å². The van der Waals surface area contributed by atoms with Crippen LogP contribution < -0.4 is 0 Å². The normalized spacial score (nSPS) is 20.5. The fourth-order valence-electron chi connectivity index (χ4n) is 1.65. The number of rotatable bonds is 4. The van der Waals surface area contributed by atoms with E-state index in [1.54, 1.807) is 6.92 Å². The van der Waals surface area contributed by atoms with Gasteiger partial charge in [0.1, 0.15) is 0 Å². The van der Waals surface area contributed by atoms with Gasteiger partial charge in [0.2, 0.25) is 0 Å². The van der Waals surface area contributed by atoms with Crippen molar-refractivity contribution >= 4 is 11.9 Å². The number of aliphatic carboxylic acids is 1. The molecule has 1 N–H and O–H groups in total. The zero-order chi connectivity index (χ0) is 10.1. The highest BCUT2D eigenvalue weighted by Crippen LogP contribution is 2.48. The number of carbonyl (C=O) groups is 2. The highest BCUT2D eigenvalue weighted by Gasteiger charge is 2.49. The van der Waals surface area contributed by atoms with Crippen LogP contribution in [-0.2, 0) is 14.3 Å². The molecule has 4 nitrogen and oxygen atoms in total. The van der Waals surface area contributed by atoms with Crippen molar-refractivity contribution in [3.05, 3.63) is 0 Å². The molecule has 1 rings (SSSR count). The molecule has 0 spiro atoms. The number of esters is 1. The van der Waals surface area contributed by atoms with Crippen molar-refractivity contribution in [3.63, 3.8) is 0 Å². The Morgan fingerprint density at radius 1 is 1.54 bits per heavy atom. The van der Waals surface area contributed by atoms with Crippen LogP contribution in [0.3, 0.4) is 0 Å². The third-order valence-corrected chi connectivity index (χ3v) is 2.65. The molecule has 0 aromatic rings. The molecular formula is C9H14O4. The van der Waals surface area contributed by atoms with E-state index < -0.39 is 17.4 Å². The summed E-state index contributed by atoms with van der Waals surface area (Å²) in [6.07, 6.45) is 1.72. The molecule has 74 valence electrons. The lowest BCUT2D eigenvalue weighted by Gasteiger charge is -2.24. The van der Waals surface area contributed by atoms with Gasteiger partial charge in [-0.1, -0.05) is 0 Å². The third-order valence-electron chi connectivity index (χ3n) is 2.65. The van der Waals surface area contributed by atoms with Crippen molar-refractivity contribution < 1.29 is 19.4 Å². The molecule has 1 unspecified atom stereocenters. The summed E-state index contributed by atoms with van der Waals surface area (Å²) in [5.74, 6) is -1.16. The van der Waals surface area contributed by atoms with Crippen molar-refractivity contribution in [2.24, 2.45) is 11.3 Å². The number of hydrogen-bond acceptors (Lipinski definition) is 3. The summed E-state index contributed by atoms with van der Waals surface area (Å²) in [5.41, 5.74) is -0.819. The fourth-order valence-corrected chi connectivity index (χ4v) is 1.65. The first-order valence-electron chi connectivity index (χ1n) is 4.31. The topological polar surface area (TPSA) is 63.6 Å². The minimum atomic E-state index is -0.945. The highest BCUT2D eigenvalue weighted by atomic mass is 16.5. The van der Waals surface area contributed by atoms with Crippen molar-refractivity contribution in [1.29, 1.82) is 0 Å². The molecule has 1 saturated carbocycles. The van der Waals surface area contributed by atoms with Gasteiger partial charge in [-0.25, -0.2) is 0 Å². The van der Waals surface area contributed by atoms with E-state index in [0.717, 1.165) is 12.8 Å². The summed E-state index contributed by atoms with van der Waals surface area (Å²) in [7, 11) is 1.30. The Morgan fingerprint density at radius 3 is 2.38 bits per heavy atom. The molecule has 0 aromatic carbocycles. The van der Waals surface area contributed by atoms with Gasteiger partial charge in [0, 0.05) is 0 Å². The summed E-state index contributed by atoms with van der Waals surface area (Å²) in [6.45, 7) is 1.67. The van der Waals surface area contributed by atoms with Crippen LogP contribution in [-0.4, -0.2) is 24.2 Å². The number of carbonyl (C=O) groups excluding carboxylic acids is 1. The Balaban J connectivity index is 2.73. The average molecular weight is 186 g/mol. The number of hydrogen-bond donors (Lipinski definition) is 1. The average Bonchev–Trinajstić information content (AvgIpc) is 2.83. The second-order valence-electron chi connectivity index (χ2n) is 3.75. The van der Waals surface area contributed by atoms with E-state index in [0.29, 0.717) is 0 Å². The lowest BCUT2D eigenvalue weighted by atomic mass is 9.81. The van der Waals surface area contributed by atoms with E-state index in [1.807, 2.05) is 0 Å². The minimum absolute atomic E-state index is 0.135. The molecular weight excluding hydrogens is 172 g/mol. The van der Waals surface area contributed by atoms with Crippen LogP contribution in [0.2, 0.25) is 0 Å². The molecule has 0 bridgehead atoms. The predicted octanol–water partition coefficient (Wildman–Crippen LogP) is 1.05. The monoisotopic (exact) mass is 186 g/mol. The highest BCUT2D eigenvalue weighted by molar-refractivity contribution is 5.83. The van der Waals surface area contributed by atoms with Crippen LogP contribution in [0.4, 0.5) is 0 Å². The first kappa shape index (κ1) is 10.0. The first-order chi connectivity index (χ1) is 6.00. The predicted molar refractivity (Wildman–Crippen MR) is 45.1 cm³/mol. The molecule has 0 radical (unpaired) electrons. The fraction of sp³-hybridized carbons (Fsp3) is 0.778. The smallest absolute Gasteiger partial charge is 0.312 e. The largest absolute Gasteiger partial charge is 0.481 e.